The van der Waals surface area contributed by atoms with Crippen molar-refractivity contribution < 1.29 is 0 Å². The van der Waals surface area contributed by atoms with Gasteiger partial charge in [0.2, 0.25) is 0 Å². The standard InChI is InChI=1S/C13H16N2O/c1-8(2)12-13(16)15(4)11-6-5-9(3)7-10(11)14-12/h5-8H,1-4H3. The fourth-order valence-corrected chi connectivity index (χ4v) is 1.84. The van der Waals surface area contributed by atoms with Crippen molar-refractivity contribution in [1.82, 2.24) is 9.55 Å². The first kappa shape index (κ1) is 10.9. The van der Waals surface area contributed by atoms with Crippen LogP contribution in [0.5, 0.6) is 0 Å². The summed E-state index contributed by atoms with van der Waals surface area (Å²) in [5, 5.41) is 0. The highest BCUT2D eigenvalue weighted by Gasteiger charge is 2.11. The van der Waals surface area contributed by atoms with Crippen molar-refractivity contribution >= 4 is 11.0 Å². The number of aryl methyl sites for hydroxylation is 2. The average Bonchev–Trinajstić information content (AvgIpc) is 2.22. The van der Waals surface area contributed by atoms with E-state index in [1.165, 1.54) is 0 Å². The number of hydrogen-bond donors (Lipinski definition) is 0. The molecule has 0 saturated heterocycles. The Bertz CT molecular complexity index is 597. The largest absolute Gasteiger partial charge is 0.308 e. The lowest BCUT2D eigenvalue weighted by molar-refractivity contribution is 0.765. The van der Waals surface area contributed by atoms with Gasteiger partial charge in [-0.05, 0) is 24.6 Å². The molecule has 3 nitrogen and oxygen atoms in total. The normalized spacial score (nSPS) is 11.3. The van der Waals surface area contributed by atoms with E-state index in [0.717, 1.165) is 16.6 Å². The van der Waals surface area contributed by atoms with Gasteiger partial charge in [-0.15, -0.1) is 0 Å². The molecule has 0 unspecified atom stereocenters. The third kappa shape index (κ3) is 1.62. The molecule has 0 saturated carbocycles. The zero-order chi connectivity index (χ0) is 11.9. The van der Waals surface area contributed by atoms with Gasteiger partial charge >= 0.3 is 0 Å². The van der Waals surface area contributed by atoms with Gasteiger partial charge in [0.25, 0.3) is 5.56 Å². The van der Waals surface area contributed by atoms with Gasteiger partial charge in [-0.2, -0.15) is 0 Å². The van der Waals surface area contributed by atoms with Crippen LogP contribution < -0.4 is 5.56 Å². The molecule has 16 heavy (non-hydrogen) atoms. The molecule has 2 aromatic rings. The van der Waals surface area contributed by atoms with Crippen molar-refractivity contribution in [3.05, 3.63) is 39.8 Å². The van der Waals surface area contributed by atoms with E-state index in [0.29, 0.717) is 5.69 Å². The first-order chi connectivity index (χ1) is 7.50. The quantitative estimate of drug-likeness (QED) is 0.733. The van der Waals surface area contributed by atoms with Gasteiger partial charge in [0, 0.05) is 13.0 Å². The van der Waals surface area contributed by atoms with Gasteiger partial charge in [0.05, 0.1) is 11.0 Å². The summed E-state index contributed by atoms with van der Waals surface area (Å²) in [5.74, 6) is 0.156. The van der Waals surface area contributed by atoms with Crippen molar-refractivity contribution in [1.29, 1.82) is 0 Å². The Morgan fingerprint density at radius 3 is 2.62 bits per heavy atom. The molecule has 1 aromatic heterocycles. The van der Waals surface area contributed by atoms with Gasteiger partial charge in [0.15, 0.2) is 0 Å². The van der Waals surface area contributed by atoms with Crippen LogP contribution >= 0.6 is 0 Å². The highest BCUT2D eigenvalue weighted by Crippen LogP contribution is 2.15. The third-order valence-electron chi connectivity index (χ3n) is 2.80. The summed E-state index contributed by atoms with van der Waals surface area (Å²) in [7, 11) is 1.80. The molecule has 0 radical (unpaired) electrons. The maximum atomic E-state index is 12.0. The smallest absolute Gasteiger partial charge is 0.272 e. The molecule has 1 heterocycles. The van der Waals surface area contributed by atoms with Crippen LogP contribution in [0.15, 0.2) is 23.0 Å². The van der Waals surface area contributed by atoms with Crippen molar-refractivity contribution in [2.45, 2.75) is 26.7 Å². The molecule has 3 heteroatoms. The monoisotopic (exact) mass is 216 g/mol. The van der Waals surface area contributed by atoms with E-state index in [1.807, 2.05) is 39.0 Å². The summed E-state index contributed by atoms with van der Waals surface area (Å²) in [6, 6.07) is 5.96. The maximum absolute atomic E-state index is 12.0. The van der Waals surface area contributed by atoms with E-state index in [4.69, 9.17) is 0 Å². The van der Waals surface area contributed by atoms with Crippen LogP contribution in [-0.2, 0) is 7.05 Å². The van der Waals surface area contributed by atoms with Gasteiger partial charge < -0.3 is 4.57 Å². The summed E-state index contributed by atoms with van der Waals surface area (Å²) >= 11 is 0. The molecule has 0 aliphatic carbocycles. The molecule has 2 rings (SSSR count). The lowest BCUT2D eigenvalue weighted by atomic mass is 10.1. The Morgan fingerprint density at radius 1 is 1.31 bits per heavy atom. The Balaban J connectivity index is 2.89. The average molecular weight is 216 g/mol. The first-order valence-corrected chi connectivity index (χ1v) is 5.48. The molecule has 0 fully saturated rings. The first-order valence-electron chi connectivity index (χ1n) is 5.48. The minimum absolute atomic E-state index is 0.00588. The summed E-state index contributed by atoms with van der Waals surface area (Å²) in [4.78, 5) is 16.5. The molecule has 0 spiro atoms. The second-order valence-corrected chi connectivity index (χ2v) is 4.51. The number of benzene rings is 1. The predicted molar refractivity (Wildman–Crippen MR) is 65.8 cm³/mol. The van der Waals surface area contributed by atoms with E-state index < -0.39 is 0 Å². The van der Waals surface area contributed by atoms with Gasteiger partial charge in [-0.1, -0.05) is 19.9 Å². The molecule has 84 valence electrons. The van der Waals surface area contributed by atoms with E-state index in [9.17, 15) is 4.79 Å². The second kappa shape index (κ2) is 3.74. The molecule has 0 N–H and O–H groups in total. The van der Waals surface area contributed by atoms with Crippen molar-refractivity contribution in [3.8, 4) is 0 Å². The zero-order valence-corrected chi connectivity index (χ0v) is 10.1. The molecule has 1 aromatic carbocycles. The summed E-state index contributed by atoms with van der Waals surface area (Å²) in [6.07, 6.45) is 0. The van der Waals surface area contributed by atoms with E-state index in [-0.39, 0.29) is 11.5 Å². The number of aromatic nitrogens is 2. The Kier molecular flexibility index (Phi) is 2.54. The summed E-state index contributed by atoms with van der Waals surface area (Å²) < 4.78 is 1.68. The SMILES string of the molecule is Cc1ccc2c(c1)nc(C(C)C)c(=O)n2C. The molecule has 0 aliphatic rings. The predicted octanol–water partition coefficient (Wildman–Crippen LogP) is 2.37. The van der Waals surface area contributed by atoms with Gasteiger partial charge in [0.1, 0.15) is 5.69 Å². The minimum Gasteiger partial charge on any atom is -0.308 e. The number of fused-ring (bicyclic) bond motifs is 1. The number of hydrogen-bond acceptors (Lipinski definition) is 2. The zero-order valence-electron chi connectivity index (χ0n) is 10.1. The minimum atomic E-state index is 0.00588. The van der Waals surface area contributed by atoms with Crippen molar-refractivity contribution in [2.24, 2.45) is 7.05 Å². The van der Waals surface area contributed by atoms with E-state index in [1.54, 1.807) is 11.6 Å². The molecule has 0 bridgehead atoms. The lowest BCUT2D eigenvalue weighted by Crippen LogP contribution is -2.24. The number of rotatable bonds is 1. The van der Waals surface area contributed by atoms with Crippen LogP contribution in [0.3, 0.4) is 0 Å². The molecule has 0 amide bonds. The molecule has 0 aliphatic heterocycles. The Labute approximate surface area is 94.7 Å². The number of nitrogens with zero attached hydrogens (tertiary/aromatic N) is 2. The summed E-state index contributed by atoms with van der Waals surface area (Å²) in [5.41, 5.74) is 3.59. The maximum Gasteiger partial charge on any atom is 0.272 e. The third-order valence-corrected chi connectivity index (χ3v) is 2.80. The van der Waals surface area contributed by atoms with Crippen LogP contribution in [0.1, 0.15) is 31.0 Å². The Morgan fingerprint density at radius 2 is 2.00 bits per heavy atom. The van der Waals surface area contributed by atoms with E-state index >= 15 is 0 Å². The highest BCUT2D eigenvalue weighted by atomic mass is 16.1. The topological polar surface area (TPSA) is 34.9 Å². The van der Waals surface area contributed by atoms with Crippen molar-refractivity contribution in [3.63, 3.8) is 0 Å². The van der Waals surface area contributed by atoms with E-state index in [2.05, 4.69) is 4.98 Å². The highest BCUT2D eigenvalue weighted by molar-refractivity contribution is 5.75. The van der Waals surface area contributed by atoms with Crippen LogP contribution in [0.2, 0.25) is 0 Å². The van der Waals surface area contributed by atoms with Crippen molar-refractivity contribution in [2.75, 3.05) is 0 Å². The van der Waals surface area contributed by atoms with Crippen LogP contribution in [-0.4, -0.2) is 9.55 Å². The van der Waals surface area contributed by atoms with Gasteiger partial charge in [-0.25, -0.2) is 4.98 Å². The Hall–Kier alpha value is -1.64. The fraction of sp³-hybridized carbons (Fsp3) is 0.385. The van der Waals surface area contributed by atoms with Crippen LogP contribution in [0.25, 0.3) is 11.0 Å². The van der Waals surface area contributed by atoms with Gasteiger partial charge in [-0.3, -0.25) is 4.79 Å². The molecular weight excluding hydrogens is 200 g/mol. The lowest BCUT2D eigenvalue weighted by Gasteiger charge is -2.10. The van der Waals surface area contributed by atoms with Crippen LogP contribution in [0, 0.1) is 6.92 Å². The molecular formula is C13H16N2O. The van der Waals surface area contributed by atoms with Crippen LogP contribution in [0.4, 0.5) is 0 Å². The second-order valence-electron chi connectivity index (χ2n) is 4.51. The molecule has 0 atom stereocenters. The summed E-state index contributed by atoms with van der Waals surface area (Å²) in [6.45, 7) is 6.01. The fourth-order valence-electron chi connectivity index (χ4n) is 1.84.